The minimum atomic E-state index is -3.69. The van der Waals surface area contributed by atoms with Gasteiger partial charge in [0.25, 0.3) is 5.91 Å². The van der Waals surface area contributed by atoms with E-state index in [0.717, 1.165) is 30.5 Å². The lowest BCUT2D eigenvalue weighted by atomic mass is 9.95. The number of sulfonamides is 1. The fourth-order valence-corrected chi connectivity index (χ4v) is 4.68. The first-order valence-corrected chi connectivity index (χ1v) is 10.2. The Morgan fingerprint density at radius 3 is 2.73 bits per heavy atom. The van der Waals surface area contributed by atoms with Crippen molar-refractivity contribution in [3.8, 4) is 0 Å². The highest BCUT2D eigenvalue weighted by molar-refractivity contribution is 7.89. The zero-order valence-corrected chi connectivity index (χ0v) is 15.1. The number of carbonyl (C=O) groups excluding carboxylic acids is 1. The van der Waals surface area contributed by atoms with Gasteiger partial charge in [0.2, 0.25) is 10.0 Å². The van der Waals surface area contributed by atoms with Crippen molar-refractivity contribution in [1.82, 2.24) is 15.4 Å². The van der Waals surface area contributed by atoms with Gasteiger partial charge in [-0.1, -0.05) is 30.3 Å². The van der Waals surface area contributed by atoms with E-state index in [-0.39, 0.29) is 23.4 Å². The second-order valence-corrected chi connectivity index (χ2v) is 8.40. The summed E-state index contributed by atoms with van der Waals surface area (Å²) in [7, 11) is -3.69. The highest BCUT2D eigenvalue weighted by Crippen LogP contribution is 2.23. The highest BCUT2D eigenvalue weighted by Gasteiger charge is 2.24. The Morgan fingerprint density at radius 2 is 1.85 bits per heavy atom. The average molecular weight is 371 g/mol. The number of rotatable bonds is 4. The number of benzene rings is 2. The summed E-state index contributed by atoms with van der Waals surface area (Å²) in [6.45, 7) is 1.67. The molecule has 1 amide bonds. The van der Waals surface area contributed by atoms with Crippen molar-refractivity contribution >= 4 is 15.9 Å². The van der Waals surface area contributed by atoms with Gasteiger partial charge in [0, 0.05) is 24.7 Å². The van der Waals surface area contributed by atoms with E-state index in [4.69, 9.17) is 0 Å². The zero-order chi connectivity index (χ0) is 18.1. The van der Waals surface area contributed by atoms with Crippen LogP contribution >= 0.6 is 0 Å². The minimum Gasteiger partial charge on any atom is -0.352 e. The molecule has 2 aliphatic heterocycles. The molecule has 26 heavy (non-hydrogen) atoms. The van der Waals surface area contributed by atoms with Crippen molar-refractivity contribution in [2.75, 3.05) is 19.6 Å². The quantitative estimate of drug-likeness (QED) is 0.752. The lowest BCUT2D eigenvalue weighted by Gasteiger charge is -2.27. The first kappa shape index (κ1) is 17.2. The van der Waals surface area contributed by atoms with E-state index >= 15 is 0 Å². The molecule has 0 saturated carbocycles. The second-order valence-electron chi connectivity index (χ2n) is 6.63. The molecule has 2 aliphatic rings. The lowest BCUT2D eigenvalue weighted by Crippen LogP contribution is -2.39. The molecule has 4 rings (SSSR count). The molecule has 1 unspecified atom stereocenters. The largest absolute Gasteiger partial charge is 0.352 e. The van der Waals surface area contributed by atoms with Gasteiger partial charge in [-0.3, -0.25) is 4.79 Å². The Hall–Kier alpha value is -2.22. The van der Waals surface area contributed by atoms with Gasteiger partial charge in [-0.25, -0.2) is 13.1 Å². The molecular formula is C19H21N3O3S. The smallest absolute Gasteiger partial charge is 0.251 e. The normalized spacial score (nSPS) is 19.4. The van der Waals surface area contributed by atoms with Crippen LogP contribution in [-0.2, 0) is 22.9 Å². The summed E-state index contributed by atoms with van der Waals surface area (Å²) >= 11 is 0. The lowest BCUT2D eigenvalue weighted by molar-refractivity contribution is 0.0945. The van der Waals surface area contributed by atoms with E-state index in [9.17, 15) is 13.2 Å². The molecule has 1 atom stereocenters. The van der Waals surface area contributed by atoms with Crippen molar-refractivity contribution in [2.45, 2.75) is 23.8 Å². The number of hydrogen-bond acceptors (Lipinski definition) is 4. The van der Waals surface area contributed by atoms with Gasteiger partial charge in [0.05, 0.1) is 4.90 Å². The number of fused-ring (bicyclic) bond motifs is 2. The van der Waals surface area contributed by atoms with Crippen molar-refractivity contribution < 1.29 is 13.2 Å². The molecule has 2 aromatic carbocycles. The van der Waals surface area contributed by atoms with Gasteiger partial charge in [-0.2, -0.15) is 0 Å². The first-order chi connectivity index (χ1) is 12.5. The van der Waals surface area contributed by atoms with Gasteiger partial charge in [-0.15, -0.1) is 0 Å². The molecule has 0 bridgehead atoms. The molecule has 0 spiro atoms. The third-order valence-corrected chi connectivity index (χ3v) is 6.43. The molecule has 0 aliphatic carbocycles. The Bertz CT molecular complexity index is 956. The topological polar surface area (TPSA) is 87.3 Å². The van der Waals surface area contributed by atoms with Crippen molar-refractivity contribution in [2.24, 2.45) is 0 Å². The molecule has 2 heterocycles. The van der Waals surface area contributed by atoms with Gasteiger partial charge < -0.3 is 10.6 Å². The van der Waals surface area contributed by atoms with E-state index in [0.29, 0.717) is 12.1 Å². The van der Waals surface area contributed by atoms with Crippen LogP contribution in [0.3, 0.4) is 0 Å². The summed E-state index contributed by atoms with van der Waals surface area (Å²) in [6, 6.07) is 12.8. The van der Waals surface area contributed by atoms with Crippen LogP contribution in [0.25, 0.3) is 0 Å². The number of carbonyl (C=O) groups is 1. The van der Waals surface area contributed by atoms with Gasteiger partial charge >= 0.3 is 0 Å². The molecule has 7 heteroatoms. The van der Waals surface area contributed by atoms with E-state index in [1.807, 2.05) is 18.2 Å². The number of nitrogens with one attached hydrogen (secondary N) is 3. The highest BCUT2D eigenvalue weighted by atomic mass is 32.2. The SMILES string of the molecule is O=C1NCCc2ccc(S(=O)(=O)NCC3NCCc4ccccc43)cc21. The van der Waals surface area contributed by atoms with E-state index < -0.39 is 10.0 Å². The summed E-state index contributed by atoms with van der Waals surface area (Å²) in [5.74, 6) is -0.217. The van der Waals surface area contributed by atoms with Crippen LogP contribution in [0.5, 0.6) is 0 Å². The minimum absolute atomic E-state index is 0.0596. The van der Waals surface area contributed by atoms with Crippen LogP contribution in [-0.4, -0.2) is 34.0 Å². The second kappa shape index (κ2) is 6.83. The van der Waals surface area contributed by atoms with E-state index in [2.05, 4.69) is 21.4 Å². The summed E-state index contributed by atoms with van der Waals surface area (Å²) < 4.78 is 28.1. The van der Waals surface area contributed by atoms with Crippen molar-refractivity contribution in [3.63, 3.8) is 0 Å². The third kappa shape index (κ3) is 3.25. The van der Waals surface area contributed by atoms with Crippen LogP contribution < -0.4 is 15.4 Å². The predicted molar refractivity (Wildman–Crippen MR) is 98.6 cm³/mol. The van der Waals surface area contributed by atoms with Gasteiger partial charge in [0.1, 0.15) is 0 Å². The van der Waals surface area contributed by atoms with E-state index in [1.165, 1.54) is 11.6 Å². The zero-order valence-electron chi connectivity index (χ0n) is 14.3. The fraction of sp³-hybridized carbons (Fsp3) is 0.316. The Kier molecular flexibility index (Phi) is 4.52. The van der Waals surface area contributed by atoms with Gasteiger partial charge in [-0.05, 0) is 48.2 Å². The van der Waals surface area contributed by atoms with Crippen LogP contribution in [0.4, 0.5) is 0 Å². The number of hydrogen-bond donors (Lipinski definition) is 3. The number of amides is 1. The summed E-state index contributed by atoms with van der Waals surface area (Å²) in [5, 5.41) is 6.11. The first-order valence-electron chi connectivity index (χ1n) is 8.76. The van der Waals surface area contributed by atoms with E-state index in [1.54, 1.807) is 12.1 Å². The van der Waals surface area contributed by atoms with Crippen LogP contribution in [0.15, 0.2) is 47.4 Å². The van der Waals surface area contributed by atoms with Crippen LogP contribution in [0.1, 0.15) is 33.1 Å². The molecule has 2 aromatic rings. The van der Waals surface area contributed by atoms with Gasteiger partial charge in [0.15, 0.2) is 0 Å². The Morgan fingerprint density at radius 1 is 1.04 bits per heavy atom. The molecular weight excluding hydrogens is 350 g/mol. The molecule has 6 nitrogen and oxygen atoms in total. The standard InChI is InChI=1S/C19H21N3O3S/c23-19-17-11-15(6-5-14(17)8-10-21-19)26(24,25)22-12-18-16-4-2-1-3-13(16)7-9-20-18/h1-6,11,18,20,22H,7-10,12H2,(H,21,23). The monoisotopic (exact) mass is 371 g/mol. The summed E-state index contributed by atoms with van der Waals surface area (Å²) in [6.07, 6.45) is 1.66. The molecule has 0 radical (unpaired) electrons. The van der Waals surface area contributed by atoms with Crippen molar-refractivity contribution in [1.29, 1.82) is 0 Å². The Balaban J connectivity index is 1.54. The average Bonchev–Trinajstić information content (AvgIpc) is 2.66. The molecule has 3 N–H and O–H groups in total. The molecule has 136 valence electrons. The van der Waals surface area contributed by atoms with Crippen LogP contribution in [0, 0.1) is 0 Å². The summed E-state index contributed by atoms with van der Waals surface area (Å²) in [5.41, 5.74) is 3.71. The third-order valence-electron chi connectivity index (χ3n) is 5.01. The predicted octanol–water partition coefficient (Wildman–Crippen LogP) is 1.14. The molecule has 0 saturated heterocycles. The fourth-order valence-electron chi connectivity index (χ4n) is 3.61. The maximum atomic E-state index is 12.7. The molecule has 0 aromatic heterocycles. The maximum Gasteiger partial charge on any atom is 0.251 e. The summed E-state index contributed by atoms with van der Waals surface area (Å²) in [4.78, 5) is 12.1. The van der Waals surface area contributed by atoms with Crippen LogP contribution in [0.2, 0.25) is 0 Å². The van der Waals surface area contributed by atoms with Crippen molar-refractivity contribution in [3.05, 3.63) is 64.7 Å². The maximum absolute atomic E-state index is 12.7. The molecule has 0 fully saturated rings. The Labute approximate surface area is 153 Å².